The van der Waals surface area contributed by atoms with Gasteiger partial charge in [0.1, 0.15) is 0 Å². The molecule has 2 aliphatic heterocycles. The number of carboxylic acids is 1. The minimum Gasteiger partial charge on any atom is -0.478 e. The number of aromatic nitrogens is 2. The van der Waals surface area contributed by atoms with Gasteiger partial charge in [-0.05, 0) is 70.1 Å². The number of hydrogen-bond acceptors (Lipinski definition) is 7. The zero-order valence-corrected chi connectivity index (χ0v) is 28.0. The fraction of sp³-hybridized carbons (Fsp3) is 0.158. The van der Waals surface area contributed by atoms with Gasteiger partial charge in [0.2, 0.25) is 11.1 Å². The third-order valence-electron chi connectivity index (χ3n) is 8.33. The van der Waals surface area contributed by atoms with Crippen LogP contribution in [-0.4, -0.2) is 44.9 Å². The zero-order chi connectivity index (χ0) is 34.2. The molecule has 11 heteroatoms. The van der Waals surface area contributed by atoms with Gasteiger partial charge in [0, 0.05) is 47.4 Å². The van der Waals surface area contributed by atoms with Gasteiger partial charge in [-0.1, -0.05) is 60.7 Å². The van der Waals surface area contributed by atoms with Gasteiger partial charge in [-0.25, -0.2) is 4.79 Å². The average molecular weight is 691 g/mol. The lowest BCUT2D eigenvalue weighted by molar-refractivity contribution is 0.0687. The molecule has 2 aromatic carbocycles. The van der Waals surface area contributed by atoms with E-state index in [9.17, 15) is 19.2 Å². The normalized spacial score (nSPS) is 16.1. The Balaban J connectivity index is 0.000000142. The number of nitrogens with zero attached hydrogens (tertiary/aromatic N) is 1. The molecule has 4 aromatic heterocycles. The maximum absolute atomic E-state index is 13.0. The third-order valence-corrected chi connectivity index (χ3v) is 10.3. The molecule has 4 N–H and O–H groups in total. The molecule has 1 amide bonds. The maximum Gasteiger partial charge on any atom is 0.337 e. The molecular weight excluding hydrogens is 657 g/mol. The largest absolute Gasteiger partial charge is 0.478 e. The lowest BCUT2D eigenvalue weighted by Gasteiger charge is -2.36. The Labute approximate surface area is 290 Å². The summed E-state index contributed by atoms with van der Waals surface area (Å²) in [6, 6.07) is 30.9. The van der Waals surface area contributed by atoms with E-state index in [1.807, 2.05) is 34.4 Å². The van der Waals surface area contributed by atoms with E-state index in [2.05, 4.69) is 80.6 Å². The summed E-state index contributed by atoms with van der Waals surface area (Å²) in [5.74, 6) is -1.10. The van der Waals surface area contributed by atoms with Crippen molar-refractivity contribution >= 4 is 34.6 Å². The van der Waals surface area contributed by atoms with Crippen LogP contribution in [0.3, 0.4) is 0 Å². The lowest BCUT2D eigenvalue weighted by Crippen LogP contribution is -2.40. The molecule has 0 unspecified atom stereocenters. The predicted octanol–water partition coefficient (Wildman–Crippen LogP) is 6.28. The maximum atomic E-state index is 13.0. The third kappa shape index (κ3) is 8.03. The van der Waals surface area contributed by atoms with Gasteiger partial charge in [-0.2, -0.15) is 0 Å². The Morgan fingerprint density at radius 1 is 0.673 bits per heavy atom. The highest BCUT2D eigenvalue weighted by Crippen LogP contribution is 2.38. The van der Waals surface area contributed by atoms with Gasteiger partial charge < -0.3 is 25.3 Å². The van der Waals surface area contributed by atoms with Crippen molar-refractivity contribution in [3.05, 3.63) is 184 Å². The minimum atomic E-state index is -1.05. The number of carbonyl (C=O) groups is 2. The number of carboxylic acid groups (broad SMARTS) is 1. The zero-order valence-electron chi connectivity index (χ0n) is 26.4. The van der Waals surface area contributed by atoms with Gasteiger partial charge >= 0.3 is 5.97 Å². The summed E-state index contributed by atoms with van der Waals surface area (Å²) in [5.41, 5.74) is 5.24. The number of H-pyrrole nitrogens is 2. The highest BCUT2D eigenvalue weighted by atomic mass is 32.1. The molecule has 0 saturated heterocycles. The van der Waals surface area contributed by atoms with E-state index in [0.717, 1.165) is 24.7 Å². The Kier molecular flexibility index (Phi) is 10.7. The van der Waals surface area contributed by atoms with Crippen LogP contribution in [0.25, 0.3) is 0 Å². The van der Waals surface area contributed by atoms with Crippen molar-refractivity contribution in [1.82, 2.24) is 20.2 Å². The highest BCUT2D eigenvalue weighted by Gasteiger charge is 2.33. The summed E-state index contributed by atoms with van der Waals surface area (Å²) in [4.78, 5) is 54.5. The number of aromatic carboxylic acids is 1. The number of rotatable bonds is 4. The SMILES string of the molecule is O=C(O)c1ccc(=O)[nH]c1.O=C(c1ccc(=O)[nH]c1)N1CCc2sccc2[C@@H]1c1ccccc1.c1ccc([C@@H]2NCCc3sccc32)cc1. The molecule has 6 aromatic rings. The van der Waals surface area contributed by atoms with Crippen LogP contribution in [-0.2, 0) is 12.8 Å². The molecular formula is C38H34N4O5S2. The Hall–Kier alpha value is -5.36. The number of fused-ring (bicyclic) bond motifs is 2. The second-order valence-corrected chi connectivity index (χ2v) is 13.4. The number of thiophene rings is 2. The van der Waals surface area contributed by atoms with Crippen molar-refractivity contribution in [3.63, 3.8) is 0 Å². The molecule has 0 spiro atoms. The van der Waals surface area contributed by atoms with Crippen LogP contribution in [0.5, 0.6) is 0 Å². The first-order valence-electron chi connectivity index (χ1n) is 15.8. The van der Waals surface area contributed by atoms with Crippen LogP contribution in [0.1, 0.15) is 64.8 Å². The summed E-state index contributed by atoms with van der Waals surface area (Å²) in [5, 5.41) is 16.2. The molecule has 0 bridgehead atoms. The van der Waals surface area contributed by atoms with Crippen LogP contribution in [0.15, 0.2) is 130 Å². The van der Waals surface area contributed by atoms with Crippen molar-refractivity contribution in [1.29, 1.82) is 0 Å². The van der Waals surface area contributed by atoms with Gasteiger partial charge in [0.15, 0.2) is 0 Å². The Morgan fingerprint density at radius 2 is 1.24 bits per heavy atom. The molecule has 2 atom stereocenters. The number of nitrogens with one attached hydrogen (secondary N) is 3. The van der Waals surface area contributed by atoms with E-state index in [0.29, 0.717) is 18.2 Å². The Morgan fingerprint density at radius 3 is 1.84 bits per heavy atom. The van der Waals surface area contributed by atoms with Crippen LogP contribution < -0.4 is 16.4 Å². The van der Waals surface area contributed by atoms with Gasteiger partial charge in [-0.15, -0.1) is 22.7 Å². The quantitative estimate of drug-likeness (QED) is 0.172. The van der Waals surface area contributed by atoms with Crippen molar-refractivity contribution in [2.24, 2.45) is 0 Å². The van der Waals surface area contributed by atoms with E-state index < -0.39 is 5.97 Å². The predicted molar refractivity (Wildman–Crippen MR) is 193 cm³/mol. The number of benzene rings is 2. The number of aromatic amines is 2. The van der Waals surface area contributed by atoms with Crippen molar-refractivity contribution < 1.29 is 14.7 Å². The molecule has 9 nitrogen and oxygen atoms in total. The molecule has 49 heavy (non-hydrogen) atoms. The van der Waals surface area contributed by atoms with Crippen LogP contribution in [0.2, 0.25) is 0 Å². The summed E-state index contributed by atoms with van der Waals surface area (Å²) < 4.78 is 0. The molecule has 2 aliphatic rings. The number of carbonyl (C=O) groups excluding carboxylic acids is 1. The fourth-order valence-electron chi connectivity index (χ4n) is 5.98. The van der Waals surface area contributed by atoms with E-state index in [-0.39, 0.29) is 28.6 Å². The fourth-order valence-corrected chi connectivity index (χ4v) is 7.80. The molecule has 6 heterocycles. The van der Waals surface area contributed by atoms with E-state index >= 15 is 0 Å². The first-order chi connectivity index (χ1) is 23.9. The van der Waals surface area contributed by atoms with E-state index in [1.54, 1.807) is 22.3 Å². The monoisotopic (exact) mass is 690 g/mol. The molecule has 248 valence electrons. The second kappa shape index (κ2) is 15.7. The van der Waals surface area contributed by atoms with Gasteiger partial charge in [0.25, 0.3) is 5.91 Å². The average Bonchev–Trinajstić information content (AvgIpc) is 3.83. The minimum absolute atomic E-state index is 0.0584. The number of pyridine rings is 2. The van der Waals surface area contributed by atoms with E-state index in [4.69, 9.17) is 5.11 Å². The summed E-state index contributed by atoms with van der Waals surface area (Å²) in [6.45, 7) is 1.76. The second-order valence-electron chi connectivity index (χ2n) is 11.4. The first-order valence-corrected chi connectivity index (χ1v) is 17.5. The van der Waals surface area contributed by atoms with Crippen LogP contribution >= 0.6 is 22.7 Å². The molecule has 0 fully saturated rings. The van der Waals surface area contributed by atoms with Gasteiger partial charge in [-0.3, -0.25) is 14.4 Å². The van der Waals surface area contributed by atoms with Crippen molar-refractivity contribution in [3.8, 4) is 0 Å². The molecule has 8 rings (SSSR count). The topological polar surface area (TPSA) is 135 Å². The van der Waals surface area contributed by atoms with Gasteiger partial charge in [0.05, 0.1) is 23.2 Å². The number of hydrogen-bond donors (Lipinski definition) is 4. The lowest BCUT2D eigenvalue weighted by atomic mass is 9.93. The summed E-state index contributed by atoms with van der Waals surface area (Å²) >= 11 is 3.63. The molecule has 0 aliphatic carbocycles. The van der Waals surface area contributed by atoms with Crippen LogP contribution in [0.4, 0.5) is 0 Å². The van der Waals surface area contributed by atoms with E-state index in [1.165, 1.54) is 52.4 Å². The summed E-state index contributed by atoms with van der Waals surface area (Å²) in [6.07, 6.45) is 4.70. The standard InChI is InChI=1S/C19H16N2O2S.C13H13NS.C6H5NO3/c22-17-7-6-14(12-20-17)19(23)21-10-8-16-15(9-11-24-16)18(21)13-4-2-1-3-5-13;1-2-4-10(5-3-1)13-11-7-9-15-12(11)6-8-14-13;8-5-2-1-4(3-7-5)6(9)10/h1-7,9,11-12,18H,8,10H2,(H,20,22);1-5,7,9,13-14H,6,8H2;1-3H,(H,7,8)(H,9,10)/t18-;13-;/m00./s1. The number of amides is 1. The molecule has 0 saturated carbocycles. The smallest absolute Gasteiger partial charge is 0.337 e. The first kappa shape index (κ1) is 33.5. The molecule has 0 radical (unpaired) electrons. The Bertz CT molecular complexity index is 2100. The van der Waals surface area contributed by atoms with Crippen LogP contribution in [0, 0.1) is 0 Å². The van der Waals surface area contributed by atoms with Crippen molar-refractivity contribution in [2.75, 3.05) is 13.1 Å². The van der Waals surface area contributed by atoms with Crippen molar-refractivity contribution in [2.45, 2.75) is 24.9 Å². The summed E-state index contributed by atoms with van der Waals surface area (Å²) in [7, 11) is 0. The highest BCUT2D eigenvalue weighted by molar-refractivity contribution is 7.10.